The van der Waals surface area contributed by atoms with E-state index in [0.717, 1.165) is 0 Å². The maximum atomic E-state index is 11.9. The minimum Gasteiger partial charge on any atom is -0.478 e. The quantitative estimate of drug-likeness (QED) is 0.937. The Morgan fingerprint density at radius 3 is 2.10 bits per heavy atom. The number of halogens is 1. The monoisotopic (exact) mass is 289 g/mol. The number of para-hydroxylation sites is 2. The lowest BCUT2D eigenvalue weighted by Gasteiger charge is -2.23. The Labute approximate surface area is 121 Å². The molecule has 0 aliphatic rings. The number of carboxylic acids is 1. The molecule has 0 heterocycles. The Kier molecular flexibility index (Phi) is 4.05. The van der Waals surface area contributed by atoms with Crippen LogP contribution >= 0.6 is 11.6 Å². The highest BCUT2D eigenvalue weighted by atomic mass is 35.5. The Morgan fingerprint density at radius 1 is 1.00 bits per heavy atom. The number of hydrogen-bond acceptors (Lipinski definition) is 2. The molecule has 1 amide bonds. The molecule has 0 radical (unpaired) electrons. The predicted octanol–water partition coefficient (Wildman–Crippen LogP) is 3.72. The number of hydrogen-bond donors (Lipinski definition) is 1. The molecule has 102 valence electrons. The molecule has 4 nitrogen and oxygen atoms in total. The average molecular weight is 290 g/mol. The fourth-order valence-electron chi connectivity index (χ4n) is 1.95. The van der Waals surface area contributed by atoms with Crippen molar-refractivity contribution < 1.29 is 14.7 Å². The summed E-state index contributed by atoms with van der Waals surface area (Å²) in [5, 5.41) is 9.62. The van der Waals surface area contributed by atoms with Crippen LogP contribution in [0.2, 0.25) is 5.02 Å². The van der Waals surface area contributed by atoms with Crippen molar-refractivity contribution in [2.24, 2.45) is 0 Å². The first-order valence-electron chi connectivity index (χ1n) is 5.90. The van der Waals surface area contributed by atoms with E-state index in [4.69, 9.17) is 11.6 Å². The first-order valence-corrected chi connectivity index (χ1v) is 6.27. The van der Waals surface area contributed by atoms with Gasteiger partial charge in [0.15, 0.2) is 0 Å². The van der Waals surface area contributed by atoms with Gasteiger partial charge in [0, 0.05) is 6.92 Å². The van der Waals surface area contributed by atoms with Crippen LogP contribution in [0.1, 0.15) is 17.3 Å². The molecule has 0 aliphatic heterocycles. The summed E-state index contributed by atoms with van der Waals surface area (Å²) in [6.45, 7) is 1.36. The van der Waals surface area contributed by atoms with E-state index in [0.29, 0.717) is 16.4 Å². The Balaban J connectivity index is 2.65. The van der Waals surface area contributed by atoms with Gasteiger partial charge in [0.2, 0.25) is 5.91 Å². The van der Waals surface area contributed by atoms with Gasteiger partial charge in [-0.3, -0.25) is 9.69 Å². The molecule has 0 unspecified atom stereocenters. The van der Waals surface area contributed by atoms with Gasteiger partial charge < -0.3 is 5.11 Å². The van der Waals surface area contributed by atoms with E-state index in [2.05, 4.69) is 0 Å². The third-order valence-corrected chi connectivity index (χ3v) is 3.10. The summed E-state index contributed by atoms with van der Waals surface area (Å²) in [4.78, 5) is 24.5. The van der Waals surface area contributed by atoms with E-state index in [9.17, 15) is 14.7 Å². The lowest BCUT2D eigenvalue weighted by Crippen LogP contribution is -2.25. The molecule has 0 bridgehead atoms. The van der Waals surface area contributed by atoms with Crippen LogP contribution in [0.5, 0.6) is 0 Å². The van der Waals surface area contributed by atoms with Crippen molar-refractivity contribution in [3.8, 4) is 0 Å². The van der Waals surface area contributed by atoms with Gasteiger partial charge in [-0.15, -0.1) is 0 Å². The number of benzene rings is 2. The molecule has 0 aromatic heterocycles. The fourth-order valence-corrected chi connectivity index (χ4v) is 2.17. The number of amides is 1. The number of rotatable bonds is 3. The summed E-state index contributed by atoms with van der Waals surface area (Å²) in [6.07, 6.45) is 0. The van der Waals surface area contributed by atoms with Gasteiger partial charge in [0.25, 0.3) is 0 Å². The largest absolute Gasteiger partial charge is 0.478 e. The van der Waals surface area contributed by atoms with Crippen LogP contribution in [0.15, 0.2) is 48.5 Å². The third kappa shape index (κ3) is 2.65. The van der Waals surface area contributed by atoms with Crippen LogP contribution in [-0.4, -0.2) is 17.0 Å². The van der Waals surface area contributed by atoms with Crippen molar-refractivity contribution in [1.29, 1.82) is 0 Å². The maximum absolute atomic E-state index is 11.9. The molecule has 0 saturated carbocycles. The molecule has 5 heteroatoms. The second kappa shape index (κ2) is 5.75. The zero-order chi connectivity index (χ0) is 14.7. The molecule has 2 rings (SSSR count). The molecule has 0 fully saturated rings. The van der Waals surface area contributed by atoms with Crippen LogP contribution in [-0.2, 0) is 4.79 Å². The van der Waals surface area contributed by atoms with E-state index >= 15 is 0 Å². The minimum atomic E-state index is -1.10. The molecular weight excluding hydrogens is 278 g/mol. The summed E-state index contributed by atoms with van der Waals surface area (Å²) >= 11 is 6.10. The van der Waals surface area contributed by atoms with Crippen molar-refractivity contribution in [1.82, 2.24) is 0 Å². The lowest BCUT2D eigenvalue weighted by atomic mass is 10.1. The maximum Gasteiger partial charge on any atom is 0.337 e. The number of nitrogens with zero attached hydrogens (tertiary/aromatic N) is 1. The Morgan fingerprint density at radius 2 is 1.55 bits per heavy atom. The van der Waals surface area contributed by atoms with Crippen LogP contribution in [0.4, 0.5) is 11.4 Å². The van der Waals surface area contributed by atoms with Crippen LogP contribution in [0.3, 0.4) is 0 Å². The normalized spacial score (nSPS) is 10.1. The van der Waals surface area contributed by atoms with Gasteiger partial charge in [0.1, 0.15) is 0 Å². The van der Waals surface area contributed by atoms with Crippen molar-refractivity contribution in [2.75, 3.05) is 4.90 Å². The van der Waals surface area contributed by atoms with E-state index in [-0.39, 0.29) is 11.5 Å². The molecule has 2 aromatic carbocycles. The summed E-state index contributed by atoms with van der Waals surface area (Å²) in [5.41, 5.74) is 0.790. The first kappa shape index (κ1) is 14.1. The Bertz CT molecular complexity index is 670. The van der Waals surface area contributed by atoms with Crippen molar-refractivity contribution in [2.45, 2.75) is 6.92 Å². The lowest BCUT2D eigenvalue weighted by molar-refractivity contribution is -0.115. The number of aromatic carboxylic acids is 1. The van der Waals surface area contributed by atoms with Crippen LogP contribution in [0, 0.1) is 0 Å². The summed E-state index contributed by atoms with van der Waals surface area (Å²) in [5.74, 6) is -1.41. The summed E-state index contributed by atoms with van der Waals surface area (Å²) in [6, 6.07) is 13.1. The van der Waals surface area contributed by atoms with Crippen LogP contribution in [0.25, 0.3) is 0 Å². The summed E-state index contributed by atoms with van der Waals surface area (Å²) < 4.78 is 0. The highest BCUT2D eigenvalue weighted by Crippen LogP contribution is 2.33. The molecule has 2 aromatic rings. The zero-order valence-corrected chi connectivity index (χ0v) is 11.5. The van der Waals surface area contributed by atoms with E-state index in [1.54, 1.807) is 42.5 Å². The Hall–Kier alpha value is -2.33. The second-order valence-electron chi connectivity index (χ2n) is 4.13. The number of carboxylic acid groups (broad SMARTS) is 1. The van der Waals surface area contributed by atoms with Gasteiger partial charge in [0.05, 0.1) is 22.0 Å². The molecule has 20 heavy (non-hydrogen) atoms. The molecular formula is C15H12ClNO3. The molecule has 1 N–H and O–H groups in total. The van der Waals surface area contributed by atoms with Crippen molar-refractivity contribution in [3.63, 3.8) is 0 Å². The van der Waals surface area contributed by atoms with Gasteiger partial charge in [-0.25, -0.2) is 4.79 Å². The van der Waals surface area contributed by atoms with Gasteiger partial charge in [-0.1, -0.05) is 35.9 Å². The number of carbonyl (C=O) groups is 2. The van der Waals surface area contributed by atoms with Crippen molar-refractivity contribution in [3.05, 3.63) is 59.1 Å². The molecule has 0 saturated heterocycles. The predicted molar refractivity (Wildman–Crippen MR) is 77.7 cm³/mol. The molecule has 0 atom stereocenters. The summed E-state index contributed by atoms with van der Waals surface area (Å²) in [7, 11) is 0. The zero-order valence-electron chi connectivity index (χ0n) is 10.7. The second-order valence-corrected chi connectivity index (χ2v) is 4.54. The van der Waals surface area contributed by atoms with Gasteiger partial charge in [-0.05, 0) is 24.3 Å². The number of carbonyl (C=O) groups excluding carboxylic acids is 1. The van der Waals surface area contributed by atoms with E-state index in [1.807, 2.05) is 0 Å². The molecule has 0 spiro atoms. The van der Waals surface area contributed by atoms with E-state index in [1.165, 1.54) is 17.9 Å². The number of anilines is 2. The average Bonchev–Trinajstić information content (AvgIpc) is 2.41. The fraction of sp³-hybridized carbons (Fsp3) is 0.0667. The third-order valence-electron chi connectivity index (χ3n) is 2.78. The minimum absolute atomic E-state index is 0.0441. The van der Waals surface area contributed by atoms with Gasteiger partial charge in [-0.2, -0.15) is 0 Å². The standard InChI is InChI=1S/C15H12ClNO3/c1-10(18)17(14-9-5-3-7-12(14)16)13-8-4-2-6-11(13)15(19)20/h2-9H,1H3,(H,19,20). The van der Waals surface area contributed by atoms with Crippen molar-refractivity contribution >= 4 is 34.9 Å². The highest BCUT2D eigenvalue weighted by Gasteiger charge is 2.21. The smallest absolute Gasteiger partial charge is 0.337 e. The molecule has 0 aliphatic carbocycles. The first-order chi connectivity index (χ1) is 9.52. The SMILES string of the molecule is CC(=O)N(c1ccccc1Cl)c1ccccc1C(=O)O. The van der Waals surface area contributed by atoms with Crippen LogP contribution < -0.4 is 4.90 Å². The van der Waals surface area contributed by atoms with E-state index < -0.39 is 5.97 Å². The topological polar surface area (TPSA) is 57.6 Å². The van der Waals surface area contributed by atoms with Gasteiger partial charge >= 0.3 is 5.97 Å². The highest BCUT2D eigenvalue weighted by molar-refractivity contribution is 6.34.